The molecule has 0 radical (unpaired) electrons. The predicted molar refractivity (Wildman–Crippen MR) is 66.8 cm³/mol. The number of ether oxygens (including phenoxy) is 1. The van der Waals surface area contributed by atoms with Gasteiger partial charge in [-0.05, 0) is 38.1 Å². The summed E-state index contributed by atoms with van der Waals surface area (Å²) >= 11 is 0. The molecule has 0 saturated carbocycles. The van der Waals surface area contributed by atoms with Crippen LogP contribution in [0.15, 0.2) is 0 Å². The second-order valence-electron chi connectivity index (χ2n) is 5.35. The fourth-order valence-electron chi connectivity index (χ4n) is 2.92. The van der Waals surface area contributed by atoms with Crippen LogP contribution in [0.1, 0.15) is 32.6 Å². The van der Waals surface area contributed by atoms with Gasteiger partial charge in [0.2, 0.25) is 5.91 Å². The normalized spacial score (nSPS) is 27.9. The Morgan fingerprint density at radius 1 is 1.35 bits per heavy atom. The molecule has 4 nitrogen and oxygen atoms in total. The summed E-state index contributed by atoms with van der Waals surface area (Å²) in [7, 11) is 0. The van der Waals surface area contributed by atoms with Gasteiger partial charge in [0.05, 0.1) is 0 Å². The van der Waals surface area contributed by atoms with Crippen LogP contribution in [0.5, 0.6) is 0 Å². The number of hydrogen-bond donors (Lipinski definition) is 1. The average Bonchev–Trinajstić information content (AvgIpc) is 2.30. The van der Waals surface area contributed by atoms with Gasteiger partial charge in [0.25, 0.3) is 0 Å². The minimum atomic E-state index is 0.0999. The maximum Gasteiger partial charge on any atom is 0.217 e. The number of likely N-dealkylation sites (tertiary alicyclic amines) is 1. The predicted octanol–water partition coefficient (Wildman–Crippen LogP) is 1.01. The highest BCUT2D eigenvalue weighted by Gasteiger charge is 2.23. The van der Waals surface area contributed by atoms with Gasteiger partial charge in [0, 0.05) is 39.3 Å². The summed E-state index contributed by atoms with van der Waals surface area (Å²) in [5.41, 5.74) is 0. The van der Waals surface area contributed by atoms with E-state index in [4.69, 9.17) is 4.74 Å². The van der Waals surface area contributed by atoms with Gasteiger partial charge in [0.1, 0.15) is 0 Å². The smallest absolute Gasteiger partial charge is 0.217 e. The summed E-state index contributed by atoms with van der Waals surface area (Å²) < 4.78 is 5.39. The zero-order valence-electron chi connectivity index (χ0n) is 10.8. The third-order valence-corrected chi connectivity index (χ3v) is 3.77. The molecule has 0 aromatic heterocycles. The molecule has 2 rings (SSSR count). The fourth-order valence-corrected chi connectivity index (χ4v) is 2.92. The van der Waals surface area contributed by atoms with E-state index in [0.29, 0.717) is 6.04 Å². The first-order valence-electron chi connectivity index (χ1n) is 6.81. The van der Waals surface area contributed by atoms with Crippen molar-refractivity contribution in [3.8, 4) is 0 Å². The number of carbonyl (C=O) groups excluding carboxylic acids is 1. The first-order valence-corrected chi connectivity index (χ1v) is 6.81. The molecule has 2 aliphatic heterocycles. The number of rotatable bonds is 3. The molecule has 1 unspecified atom stereocenters. The van der Waals surface area contributed by atoms with E-state index in [-0.39, 0.29) is 5.91 Å². The Labute approximate surface area is 104 Å². The minimum Gasteiger partial charge on any atom is -0.381 e. The Morgan fingerprint density at radius 2 is 2.12 bits per heavy atom. The van der Waals surface area contributed by atoms with Gasteiger partial charge in [-0.2, -0.15) is 0 Å². The third kappa shape index (κ3) is 4.28. The van der Waals surface area contributed by atoms with E-state index in [1.165, 1.54) is 32.4 Å². The molecule has 1 atom stereocenters. The molecule has 0 bridgehead atoms. The Balaban J connectivity index is 1.74. The maximum atomic E-state index is 11.1. The Kier molecular flexibility index (Phi) is 4.80. The lowest BCUT2D eigenvalue weighted by molar-refractivity contribution is -0.120. The topological polar surface area (TPSA) is 41.6 Å². The van der Waals surface area contributed by atoms with Gasteiger partial charge < -0.3 is 15.0 Å². The SMILES string of the molecule is CC(=O)NC1CCCN(CC2CCOCC2)C1. The van der Waals surface area contributed by atoms with Crippen molar-refractivity contribution in [2.45, 2.75) is 38.6 Å². The van der Waals surface area contributed by atoms with Crippen LogP contribution in [-0.2, 0) is 9.53 Å². The first-order chi connectivity index (χ1) is 8.24. The molecule has 4 heteroatoms. The Hall–Kier alpha value is -0.610. The highest BCUT2D eigenvalue weighted by atomic mass is 16.5. The summed E-state index contributed by atoms with van der Waals surface area (Å²) in [6.07, 6.45) is 4.72. The Morgan fingerprint density at radius 3 is 2.82 bits per heavy atom. The van der Waals surface area contributed by atoms with E-state index < -0.39 is 0 Å². The van der Waals surface area contributed by atoms with Crippen LogP contribution < -0.4 is 5.32 Å². The average molecular weight is 240 g/mol. The molecule has 0 aromatic carbocycles. The largest absolute Gasteiger partial charge is 0.381 e. The molecule has 2 heterocycles. The van der Waals surface area contributed by atoms with Crippen LogP contribution >= 0.6 is 0 Å². The third-order valence-electron chi connectivity index (χ3n) is 3.77. The van der Waals surface area contributed by atoms with E-state index in [2.05, 4.69) is 10.2 Å². The standard InChI is InChI=1S/C13H24N2O2/c1-11(16)14-13-3-2-6-15(10-13)9-12-4-7-17-8-5-12/h12-13H,2-10H2,1H3,(H,14,16). The van der Waals surface area contributed by atoms with Crippen LogP contribution in [-0.4, -0.2) is 49.7 Å². The van der Waals surface area contributed by atoms with Crippen molar-refractivity contribution in [2.24, 2.45) is 5.92 Å². The number of carbonyl (C=O) groups is 1. The zero-order chi connectivity index (χ0) is 12.1. The van der Waals surface area contributed by atoms with Crippen molar-refractivity contribution in [3.63, 3.8) is 0 Å². The molecule has 98 valence electrons. The van der Waals surface area contributed by atoms with Gasteiger partial charge in [-0.25, -0.2) is 0 Å². The van der Waals surface area contributed by atoms with Crippen LogP contribution in [0.4, 0.5) is 0 Å². The number of piperidine rings is 1. The molecule has 2 fully saturated rings. The molecule has 17 heavy (non-hydrogen) atoms. The fraction of sp³-hybridized carbons (Fsp3) is 0.923. The molecule has 0 aromatic rings. The zero-order valence-corrected chi connectivity index (χ0v) is 10.8. The summed E-state index contributed by atoms with van der Waals surface area (Å²) in [6, 6.07) is 0.362. The van der Waals surface area contributed by atoms with Crippen LogP contribution in [0.2, 0.25) is 0 Å². The first kappa shape index (κ1) is 12.8. The van der Waals surface area contributed by atoms with Gasteiger partial charge in [-0.1, -0.05) is 0 Å². The van der Waals surface area contributed by atoms with Crippen molar-refractivity contribution in [1.29, 1.82) is 0 Å². The summed E-state index contributed by atoms with van der Waals surface area (Å²) in [4.78, 5) is 13.6. The summed E-state index contributed by atoms with van der Waals surface area (Å²) in [5, 5.41) is 3.04. The highest BCUT2D eigenvalue weighted by molar-refractivity contribution is 5.73. The molecule has 0 aliphatic carbocycles. The summed E-state index contributed by atoms with van der Waals surface area (Å²) in [6.45, 7) is 6.85. The maximum absolute atomic E-state index is 11.1. The van der Waals surface area contributed by atoms with Gasteiger partial charge in [0.15, 0.2) is 0 Å². The van der Waals surface area contributed by atoms with Crippen molar-refractivity contribution >= 4 is 5.91 Å². The molecule has 1 N–H and O–H groups in total. The number of amides is 1. The van der Waals surface area contributed by atoms with E-state index in [1.54, 1.807) is 6.92 Å². The van der Waals surface area contributed by atoms with Gasteiger partial charge in [-0.3, -0.25) is 4.79 Å². The molecular formula is C13H24N2O2. The van der Waals surface area contributed by atoms with E-state index in [1.807, 2.05) is 0 Å². The van der Waals surface area contributed by atoms with Crippen molar-refractivity contribution in [3.05, 3.63) is 0 Å². The molecule has 2 saturated heterocycles. The van der Waals surface area contributed by atoms with E-state index in [0.717, 1.165) is 32.1 Å². The quantitative estimate of drug-likeness (QED) is 0.800. The monoisotopic (exact) mass is 240 g/mol. The molecule has 0 spiro atoms. The van der Waals surface area contributed by atoms with Crippen molar-refractivity contribution in [2.75, 3.05) is 32.8 Å². The van der Waals surface area contributed by atoms with Crippen LogP contribution in [0.3, 0.4) is 0 Å². The minimum absolute atomic E-state index is 0.0999. The second kappa shape index (κ2) is 6.36. The van der Waals surface area contributed by atoms with Crippen LogP contribution in [0, 0.1) is 5.92 Å². The highest BCUT2D eigenvalue weighted by Crippen LogP contribution is 2.19. The van der Waals surface area contributed by atoms with E-state index >= 15 is 0 Å². The van der Waals surface area contributed by atoms with E-state index in [9.17, 15) is 4.79 Å². The molecule has 1 amide bonds. The van der Waals surface area contributed by atoms with Crippen molar-refractivity contribution < 1.29 is 9.53 Å². The second-order valence-corrected chi connectivity index (χ2v) is 5.35. The Bertz CT molecular complexity index is 252. The lowest BCUT2D eigenvalue weighted by Crippen LogP contribution is -2.48. The number of nitrogens with one attached hydrogen (secondary N) is 1. The van der Waals surface area contributed by atoms with Gasteiger partial charge in [-0.15, -0.1) is 0 Å². The summed E-state index contributed by atoms with van der Waals surface area (Å²) in [5.74, 6) is 0.891. The molecule has 2 aliphatic rings. The number of hydrogen-bond acceptors (Lipinski definition) is 3. The van der Waals surface area contributed by atoms with Gasteiger partial charge >= 0.3 is 0 Å². The molecular weight excluding hydrogens is 216 g/mol. The lowest BCUT2D eigenvalue weighted by atomic mass is 9.97. The van der Waals surface area contributed by atoms with Crippen molar-refractivity contribution in [1.82, 2.24) is 10.2 Å². The van der Waals surface area contributed by atoms with Crippen LogP contribution in [0.25, 0.3) is 0 Å². The number of nitrogens with zero attached hydrogens (tertiary/aromatic N) is 1. The lowest BCUT2D eigenvalue weighted by Gasteiger charge is -2.36.